The van der Waals surface area contributed by atoms with E-state index in [1.165, 1.54) is 28.5 Å². The molecule has 4 aliphatic rings. The molecule has 6 aromatic heterocycles. The van der Waals surface area contributed by atoms with E-state index in [0.717, 1.165) is 18.5 Å². The number of aromatic nitrogens is 8. The van der Waals surface area contributed by atoms with Crippen LogP contribution in [0.5, 0.6) is 11.5 Å². The van der Waals surface area contributed by atoms with Crippen LogP contribution < -0.4 is 30.7 Å². The van der Waals surface area contributed by atoms with Gasteiger partial charge in [-0.25, -0.2) is 55.3 Å². The maximum Gasteiger partial charge on any atom is 0.168 e. The van der Waals surface area contributed by atoms with Crippen molar-refractivity contribution in [3.63, 3.8) is 0 Å². The quantitative estimate of drug-likeness (QED) is 0.118. The van der Waals surface area contributed by atoms with Gasteiger partial charge in [-0.1, -0.05) is 0 Å². The van der Waals surface area contributed by atoms with Gasteiger partial charge >= 0.3 is 0 Å². The third-order valence-corrected chi connectivity index (χ3v) is 12.0. The lowest BCUT2D eigenvalue weighted by Crippen LogP contribution is -2.52. The number of anilines is 2. The van der Waals surface area contributed by atoms with Gasteiger partial charge in [-0.2, -0.15) is 10.2 Å². The first-order valence-electron chi connectivity index (χ1n) is 19.9. The smallest absolute Gasteiger partial charge is 0.168 e. The average molecular weight is 835 g/mol. The van der Waals surface area contributed by atoms with Crippen LogP contribution in [0, 0.1) is 29.2 Å². The van der Waals surface area contributed by atoms with Crippen molar-refractivity contribution in [1.82, 2.24) is 49.8 Å². The fourth-order valence-corrected chi connectivity index (χ4v) is 8.52. The van der Waals surface area contributed by atoms with Gasteiger partial charge in [-0.15, -0.1) is 0 Å². The number of fused-ring (bicyclic) bond motifs is 2. The Morgan fingerprint density at radius 3 is 1.80 bits per heavy atom. The van der Waals surface area contributed by atoms with Crippen LogP contribution in [0.4, 0.5) is 38.0 Å². The lowest BCUT2D eigenvalue weighted by Gasteiger charge is -2.34. The first-order chi connectivity index (χ1) is 29.1. The summed E-state index contributed by atoms with van der Waals surface area (Å²) in [6, 6.07) is 2.86. The third kappa shape index (κ3) is 6.88. The molecule has 2 aliphatic heterocycles. The number of halogens is 6. The van der Waals surface area contributed by atoms with Crippen LogP contribution in [0.1, 0.15) is 55.3 Å². The van der Waals surface area contributed by atoms with Gasteiger partial charge in [0.1, 0.15) is 58.0 Å². The molecule has 10 rings (SSSR count). The number of methoxy groups -OCH3 is 2. The van der Waals surface area contributed by atoms with Crippen molar-refractivity contribution in [3.05, 3.63) is 71.3 Å². The molecule has 0 spiro atoms. The van der Waals surface area contributed by atoms with E-state index in [9.17, 15) is 8.78 Å². The minimum absolute atomic E-state index is 0.0571. The Morgan fingerprint density at radius 2 is 1.25 bits per heavy atom. The summed E-state index contributed by atoms with van der Waals surface area (Å²) in [6.45, 7) is 0.860. The molecule has 6 aromatic rings. The third-order valence-electron chi connectivity index (χ3n) is 12.0. The summed E-state index contributed by atoms with van der Waals surface area (Å²) < 4.78 is 105. The molecule has 60 heavy (non-hydrogen) atoms. The number of rotatable bonds is 11. The zero-order valence-electron chi connectivity index (χ0n) is 32.4. The Bertz CT molecular complexity index is 2620. The first kappa shape index (κ1) is 38.4. The SMILES string of the molecule is COc1cc2ncc(-c3nc(N[C@H]4CNC(C5CC5c5nn6c(-c7nc(N[C@@H]8CNCC[C@H]8F)c(F)cc7F)cnc6cc5OC)C[C@@H]4F)c(F)cc3F)n2nc1C1CC1. The maximum absolute atomic E-state index is 16.0. The van der Waals surface area contributed by atoms with Gasteiger partial charge in [-0.05, 0) is 44.6 Å². The second-order valence-corrected chi connectivity index (χ2v) is 15.9. The number of hydrogen-bond donors (Lipinski definition) is 4. The highest BCUT2D eigenvalue weighted by atomic mass is 19.2. The molecule has 14 nitrogen and oxygen atoms in total. The Labute approximate surface area is 338 Å². The van der Waals surface area contributed by atoms with E-state index in [1.807, 2.05) is 0 Å². The summed E-state index contributed by atoms with van der Waals surface area (Å²) in [5.41, 5.74) is 1.92. The molecule has 2 aliphatic carbocycles. The van der Waals surface area contributed by atoms with E-state index in [1.54, 1.807) is 19.2 Å². The summed E-state index contributed by atoms with van der Waals surface area (Å²) in [5, 5.41) is 21.6. The Hall–Kier alpha value is -5.76. The number of nitrogens with zero attached hydrogens (tertiary/aromatic N) is 8. The number of pyridine rings is 2. The van der Waals surface area contributed by atoms with Crippen LogP contribution in [0.15, 0.2) is 36.7 Å². The highest BCUT2D eigenvalue weighted by molar-refractivity contribution is 5.65. The molecule has 8 heterocycles. The van der Waals surface area contributed by atoms with Crippen LogP contribution in [0.3, 0.4) is 0 Å². The normalized spacial score (nSPS) is 25.4. The molecule has 7 atom stereocenters. The lowest BCUT2D eigenvalue weighted by molar-refractivity contribution is 0.192. The topological polar surface area (TPSA) is 153 Å². The molecule has 314 valence electrons. The highest BCUT2D eigenvalue weighted by Gasteiger charge is 2.49. The molecule has 20 heteroatoms. The van der Waals surface area contributed by atoms with Crippen molar-refractivity contribution in [2.24, 2.45) is 5.92 Å². The molecule has 3 unspecified atom stereocenters. The van der Waals surface area contributed by atoms with Gasteiger partial charge in [0.25, 0.3) is 0 Å². The van der Waals surface area contributed by atoms with Crippen LogP contribution in [0.2, 0.25) is 0 Å². The van der Waals surface area contributed by atoms with E-state index >= 15 is 17.6 Å². The fourth-order valence-electron chi connectivity index (χ4n) is 8.52. The summed E-state index contributed by atoms with van der Waals surface area (Å²) in [7, 11) is 3.04. The van der Waals surface area contributed by atoms with Crippen LogP contribution in [-0.2, 0) is 0 Å². The Kier molecular flexibility index (Phi) is 9.65. The van der Waals surface area contributed by atoms with Crippen LogP contribution in [0.25, 0.3) is 34.1 Å². The zero-order chi connectivity index (χ0) is 41.4. The van der Waals surface area contributed by atoms with Crippen molar-refractivity contribution >= 4 is 22.9 Å². The molecule has 0 radical (unpaired) electrons. The molecule has 4 fully saturated rings. The summed E-state index contributed by atoms with van der Waals surface area (Å²) >= 11 is 0. The fraction of sp³-hybridized carbons (Fsp3) is 0.450. The average Bonchev–Trinajstić information content (AvgIpc) is 4.17. The number of nitrogens with one attached hydrogen (secondary N) is 4. The monoisotopic (exact) mass is 834 g/mol. The molecule has 2 saturated carbocycles. The molecular formula is C40H40F6N12O2. The Balaban J connectivity index is 0.855. The largest absolute Gasteiger partial charge is 0.495 e. The molecule has 4 N–H and O–H groups in total. The Morgan fingerprint density at radius 1 is 0.683 bits per heavy atom. The lowest BCUT2D eigenvalue weighted by atomic mass is 9.94. The predicted molar refractivity (Wildman–Crippen MR) is 207 cm³/mol. The molecule has 0 aromatic carbocycles. The minimum Gasteiger partial charge on any atom is -0.495 e. The highest BCUT2D eigenvalue weighted by Crippen LogP contribution is 2.53. The summed E-state index contributed by atoms with van der Waals surface area (Å²) in [4.78, 5) is 17.2. The van der Waals surface area contributed by atoms with Gasteiger partial charge < -0.3 is 30.7 Å². The first-order valence-corrected chi connectivity index (χ1v) is 19.9. The van der Waals surface area contributed by atoms with E-state index < -0.39 is 47.7 Å². The van der Waals surface area contributed by atoms with Crippen molar-refractivity contribution in [2.45, 2.75) is 74.4 Å². The molecule has 0 bridgehead atoms. The molecular weight excluding hydrogens is 795 g/mol. The number of piperidine rings is 2. The molecule has 0 amide bonds. The number of imidazole rings is 2. The number of alkyl halides is 2. The molecule has 2 saturated heterocycles. The van der Waals surface area contributed by atoms with Gasteiger partial charge in [0, 0.05) is 55.2 Å². The van der Waals surface area contributed by atoms with Gasteiger partial charge in [0.2, 0.25) is 0 Å². The van der Waals surface area contributed by atoms with E-state index in [-0.39, 0.29) is 84.1 Å². The van der Waals surface area contributed by atoms with E-state index in [4.69, 9.17) is 14.6 Å². The number of hydrogen-bond acceptors (Lipinski definition) is 12. The standard InChI is InChI=1S/C40H40F6N12O2/c1-59-31-11-33-49-15-29(57(33)55-35(31)17-3-4-17)37-22(43)9-25(46)40(54-37)52-28-14-48-26(10-21(28)42)18-7-19(18)36-32(60-2)12-34-50-16-30(58(34)56-36)38-23(44)8-24(45)39(53-38)51-27-13-47-6-5-20(27)41/h8-9,11-12,15-21,26-28,47-48H,3-7,10,13-14H2,1-2H3,(H,51,53)(H,52,54)/t18?,19?,20-,21+,26?,27-,28+/m1/s1. The summed E-state index contributed by atoms with van der Waals surface area (Å²) in [5.74, 6) is -3.39. The van der Waals surface area contributed by atoms with Crippen LogP contribution >= 0.6 is 0 Å². The van der Waals surface area contributed by atoms with Gasteiger partial charge in [0.15, 0.2) is 46.2 Å². The van der Waals surface area contributed by atoms with Crippen LogP contribution in [-0.4, -0.2) is 103 Å². The van der Waals surface area contributed by atoms with Gasteiger partial charge in [-0.3, -0.25) is 0 Å². The summed E-state index contributed by atoms with van der Waals surface area (Å²) in [6.07, 6.45) is 2.97. The number of ether oxygens (including phenoxy) is 2. The van der Waals surface area contributed by atoms with Gasteiger partial charge in [0.05, 0.1) is 38.7 Å². The van der Waals surface area contributed by atoms with Crippen molar-refractivity contribution < 1.29 is 35.8 Å². The van der Waals surface area contributed by atoms with Crippen molar-refractivity contribution in [3.8, 4) is 34.3 Å². The minimum atomic E-state index is -1.43. The van der Waals surface area contributed by atoms with Crippen molar-refractivity contribution in [1.29, 1.82) is 0 Å². The van der Waals surface area contributed by atoms with E-state index in [2.05, 4.69) is 46.3 Å². The second-order valence-electron chi connectivity index (χ2n) is 15.9. The second kappa shape index (κ2) is 15.1. The van der Waals surface area contributed by atoms with E-state index in [0.29, 0.717) is 53.6 Å². The predicted octanol–water partition coefficient (Wildman–Crippen LogP) is 5.74. The zero-order valence-corrected chi connectivity index (χ0v) is 32.4. The maximum atomic E-state index is 16.0. The van der Waals surface area contributed by atoms with Crippen molar-refractivity contribution in [2.75, 3.05) is 44.5 Å².